The van der Waals surface area contributed by atoms with Crippen LogP contribution in [0.1, 0.15) is 57.2 Å². The summed E-state index contributed by atoms with van der Waals surface area (Å²) < 4.78 is 25.8. The Morgan fingerprint density at radius 2 is 1.59 bits per heavy atom. The molecule has 0 aliphatic carbocycles. The average Bonchev–Trinajstić information content (AvgIpc) is 2.69. The Morgan fingerprint density at radius 1 is 1.00 bits per heavy atom. The molecular formula is C25H30O3S. The standard InChI is InChI=1S/C25H30O3S/c1-6-7-8-20-11-16-23(17-12-20)29(27,28)19(2)22-14-9-21(10-15-22)13-18-24(26)25(3,4)5/h9-18H,2,6-8H2,1,3-5H3/b18-13+. The molecule has 2 aromatic rings. The second kappa shape index (κ2) is 9.36. The molecule has 2 aromatic carbocycles. The molecule has 0 radical (unpaired) electrons. The van der Waals surface area contributed by atoms with E-state index < -0.39 is 15.3 Å². The maximum Gasteiger partial charge on any atom is 0.206 e. The molecule has 0 heterocycles. The van der Waals surface area contributed by atoms with Gasteiger partial charge in [-0.1, -0.05) is 83.2 Å². The first-order valence-corrected chi connectivity index (χ1v) is 11.4. The highest BCUT2D eigenvalue weighted by atomic mass is 32.2. The van der Waals surface area contributed by atoms with Crippen molar-refractivity contribution < 1.29 is 13.2 Å². The summed E-state index contributed by atoms with van der Waals surface area (Å²) in [4.78, 5) is 12.3. The summed E-state index contributed by atoms with van der Waals surface area (Å²) >= 11 is 0. The van der Waals surface area contributed by atoms with Gasteiger partial charge in [0.25, 0.3) is 0 Å². The molecule has 0 spiro atoms. The highest BCUT2D eigenvalue weighted by molar-refractivity contribution is 8.00. The molecule has 154 valence electrons. The van der Waals surface area contributed by atoms with Crippen LogP contribution >= 0.6 is 0 Å². The number of aryl methyl sites for hydroxylation is 1. The first kappa shape index (κ1) is 22.8. The molecule has 0 N–H and O–H groups in total. The minimum absolute atomic E-state index is 0.0379. The van der Waals surface area contributed by atoms with Crippen molar-refractivity contribution in [3.8, 4) is 0 Å². The molecule has 0 aliphatic heterocycles. The van der Waals surface area contributed by atoms with E-state index in [0.29, 0.717) is 5.56 Å². The maximum atomic E-state index is 12.9. The third-order valence-electron chi connectivity index (χ3n) is 4.78. The number of rotatable bonds is 8. The number of hydrogen-bond donors (Lipinski definition) is 0. The van der Waals surface area contributed by atoms with E-state index in [0.717, 1.165) is 30.4 Å². The summed E-state index contributed by atoms with van der Waals surface area (Å²) in [6.07, 6.45) is 6.43. The van der Waals surface area contributed by atoms with E-state index in [1.54, 1.807) is 48.6 Å². The van der Waals surface area contributed by atoms with Gasteiger partial charge in [0.15, 0.2) is 5.78 Å². The lowest BCUT2D eigenvalue weighted by Crippen LogP contribution is -2.17. The lowest BCUT2D eigenvalue weighted by Gasteiger charge is -2.13. The van der Waals surface area contributed by atoms with Gasteiger partial charge in [0.2, 0.25) is 9.84 Å². The summed E-state index contributed by atoms with van der Waals surface area (Å²) in [5, 5.41) is 0. The van der Waals surface area contributed by atoms with Gasteiger partial charge in [-0.3, -0.25) is 4.79 Å². The second-order valence-electron chi connectivity index (χ2n) is 8.24. The van der Waals surface area contributed by atoms with Crippen molar-refractivity contribution in [2.45, 2.75) is 51.9 Å². The lowest BCUT2D eigenvalue weighted by atomic mass is 9.90. The highest BCUT2D eigenvalue weighted by Crippen LogP contribution is 2.27. The molecule has 0 saturated carbocycles. The zero-order valence-electron chi connectivity index (χ0n) is 17.7. The van der Waals surface area contributed by atoms with Gasteiger partial charge in [-0.05, 0) is 47.7 Å². The number of benzene rings is 2. The molecule has 0 fully saturated rings. The van der Waals surface area contributed by atoms with Gasteiger partial charge in [-0.15, -0.1) is 0 Å². The molecule has 3 nitrogen and oxygen atoms in total. The summed E-state index contributed by atoms with van der Waals surface area (Å²) in [5.74, 6) is 0.0379. The Kier molecular flexibility index (Phi) is 7.37. The van der Waals surface area contributed by atoms with E-state index in [2.05, 4.69) is 13.5 Å². The van der Waals surface area contributed by atoms with Crippen molar-refractivity contribution in [2.24, 2.45) is 5.41 Å². The zero-order valence-corrected chi connectivity index (χ0v) is 18.6. The van der Waals surface area contributed by atoms with Crippen LogP contribution < -0.4 is 0 Å². The van der Waals surface area contributed by atoms with Crippen LogP contribution in [0, 0.1) is 5.41 Å². The number of allylic oxidation sites excluding steroid dienone is 1. The highest BCUT2D eigenvalue weighted by Gasteiger charge is 2.20. The molecule has 0 bridgehead atoms. The largest absolute Gasteiger partial charge is 0.294 e. The third-order valence-corrected chi connectivity index (χ3v) is 6.55. The van der Waals surface area contributed by atoms with Crippen molar-refractivity contribution in [2.75, 3.05) is 0 Å². The topological polar surface area (TPSA) is 51.2 Å². The Bertz CT molecular complexity index is 988. The molecule has 0 aliphatic rings. The number of ketones is 1. The molecule has 2 rings (SSSR count). The SMILES string of the molecule is C=C(c1ccc(/C=C/C(=O)C(C)(C)C)cc1)S(=O)(=O)c1ccc(CCCC)cc1. The third kappa shape index (κ3) is 6.01. The Hall–Kier alpha value is -2.46. The molecule has 4 heteroatoms. The van der Waals surface area contributed by atoms with Crippen molar-refractivity contribution in [3.05, 3.63) is 77.9 Å². The van der Waals surface area contributed by atoms with Gasteiger partial charge in [-0.2, -0.15) is 0 Å². The van der Waals surface area contributed by atoms with Gasteiger partial charge < -0.3 is 0 Å². The first-order valence-electron chi connectivity index (χ1n) is 9.91. The minimum Gasteiger partial charge on any atom is -0.294 e. The average molecular weight is 411 g/mol. The van der Waals surface area contributed by atoms with Crippen molar-refractivity contribution in [3.63, 3.8) is 0 Å². The van der Waals surface area contributed by atoms with Crippen molar-refractivity contribution in [1.82, 2.24) is 0 Å². The zero-order chi connectivity index (χ0) is 21.7. The fraction of sp³-hybridized carbons (Fsp3) is 0.320. The van der Waals surface area contributed by atoms with E-state index in [1.165, 1.54) is 0 Å². The fourth-order valence-corrected chi connectivity index (χ4v) is 3.94. The molecule has 0 saturated heterocycles. The maximum absolute atomic E-state index is 12.9. The van der Waals surface area contributed by atoms with Crippen LogP contribution in [0.25, 0.3) is 11.0 Å². The van der Waals surface area contributed by atoms with E-state index in [-0.39, 0.29) is 15.6 Å². The van der Waals surface area contributed by atoms with Gasteiger partial charge >= 0.3 is 0 Å². The van der Waals surface area contributed by atoms with Crippen LogP contribution in [0.15, 0.2) is 66.1 Å². The molecule has 0 unspecified atom stereocenters. The monoisotopic (exact) mass is 410 g/mol. The summed E-state index contributed by atoms with van der Waals surface area (Å²) in [5.41, 5.74) is 2.08. The summed E-state index contributed by atoms with van der Waals surface area (Å²) in [6.45, 7) is 11.6. The van der Waals surface area contributed by atoms with Crippen molar-refractivity contribution >= 4 is 26.6 Å². The molecule has 0 aromatic heterocycles. The number of sulfone groups is 1. The van der Waals surface area contributed by atoms with E-state index >= 15 is 0 Å². The number of hydrogen-bond acceptors (Lipinski definition) is 3. The number of carbonyl (C=O) groups is 1. The summed E-state index contributed by atoms with van der Waals surface area (Å²) in [6, 6.07) is 14.1. The van der Waals surface area contributed by atoms with Crippen LogP contribution in [-0.2, 0) is 21.1 Å². The number of unbranched alkanes of at least 4 members (excludes halogenated alkanes) is 1. The van der Waals surface area contributed by atoms with Gasteiger partial charge in [0.1, 0.15) is 0 Å². The van der Waals surface area contributed by atoms with Gasteiger partial charge in [0.05, 0.1) is 9.80 Å². The fourth-order valence-electron chi connectivity index (χ4n) is 2.72. The molecular weight excluding hydrogens is 380 g/mol. The van der Waals surface area contributed by atoms with Crippen molar-refractivity contribution in [1.29, 1.82) is 0 Å². The van der Waals surface area contributed by atoms with Crippen LogP contribution in [-0.4, -0.2) is 14.2 Å². The predicted octanol–water partition coefficient (Wildman–Crippen LogP) is 6.10. The molecule has 0 atom stereocenters. The molecule has 0 amide bonds. The quantitative estimate of drug-likeness (QED) is 0.494. The van der Waals surface area contributed by atoms with Crippen LogP contribution in [0.2, 0.25) is 0 Å². The number of carbonyl (C=O) groups excluding carboxylic acids is 1. The van der Waals surface area contributed by atoms with Crippen LogP contribution in [0.4, 0.5) is 0 Å². The Balaban J connectivity index is 2.16. The minimum atomic E-state index is -3.65. The Labute approximate surface area is 175 Å². The van der Waals surface area contributed by atoms with E-state index in [4.69, 9.17) is 0 Å². The van der Waals surface area contributed by atoms with Crippen LogP contribution in [0.3, 0.4) is 0 Å². The van der Waals surface area contributed by atoms with E-state index in [9.17, 15) is 13.2 Å². The second-order valence-corrected chi connectivity index (χ2v) is 10.2. The van der Waals surface area contributed by atoms with Crippen LogP contribution in [0.5, 0.6) is 0 Å². The smallest absolute Gasteiger partial charge is 0.206 e. The summed E-state index contributed by atoms with van der Waals surface area (Å²) in [7, 11) is -3.65. The van der Waals surface area contributed by atoms with Gasteiger partial charge in [-0.25, -0.2) is 8.42 Å². The lowest BCUT2D eigenvalue weighted by molar-refractivity contribution is -0.121. The Morgan fingerprint density at radius 3 is 2.10 bits per heavy atom. The van der Waals surface area contributed by atoms with E-state index in [1.807, 2.05) is 32.9 Å². The van der Waals surface area contributed by atoms with Gasteiger partial charge in [0, 0.05) is 5.41 Å². The predicted molar refractivity (Wildman–Crippen MR) is 121 cm³/mol. The normalized spacial score (nSPS) is 12.3. The molecule has 29 heavy (non-hydrogen) atoms. The first-order chi connectivity index (χ1) is 13.6.